The minimum absolute atomic E-state index is 0.217. The molecule has 0 bridgehead atoms. The highest BCUT2D eigenvalue weighted by atomic mass is 16.3. The Hall–Kier alpha value is -0.640. The monoisotopic (exact) mass is 377 g/mol. The lowest BCUT2D eigenvalue weighted by atomic mass is 9.90. The molecule has 5 atom stereocenters. The van der Waals surface area contributed by atoms with Gasteiger partial charge in [0.15, 0.2) is 0 Å². The Morgan fingerprint density at radius 1 is 1.07 bits per heavy atom. The quantitative estimate of drug-likeness (QED) is 0.313. The summed E-state index contributed by atoms with van der Waals surface area (Å²) in [4.78, 5) is 0. The van der Waals surface area contributed by atoms with Gasteiger partial charge >= 0.3 is 0 Å². The van der Waals surface area contributed by atoms with Crippen molar-refractivity contribution in [3.63, 3.8) is 0 Å². The number of hydrogen-bond donors (Lipinski definition) is 3. The number of aliphatic hydroxyl groups excluding tert-OH is 2. The predicted octanol–water partition coefficient (Wildman–Crippen LogP) is 4.99. The van der Waals surface area contributed by atoms with Gasteiger partial charge in [-0.05, 0) is 76.3 Å². The lowest BCUT2D eigenvalue weighted by Crippen LogP contribution is -2.17. The second kappa shape index (κ2) is 12.7. The van der Waals surface area contributed by atoms with E-state index >= 15 is 0 Å². The maximum atomic E-state index is 10.5. The lowest BCUT2D eigenvalue weighted by molar-refractivity contribution is 0.139. The van der Waals surface area contributed by atoms with Crippen LogP contribution in [-0.4, -0.2) is 35.5 Å². The van der Waals surface area contributed by atoms with Gasteiger partial charge in [0.2, 0.25) is 0 Å². The molecule has 2 aliphatic rings. The van der Waals surface area contributed by atoms with Crippen LogP contribution < -0.4 is 5.32 Å². The lowest BCUT2D eigenvalue weighted by Gasteiger charge is -2.17. The zero-order valence-corrected chi connectivity index (χ0v) is 17.7. The van der Waals surface area contributed by atoms with Crippen molar-refractivity contribution in [1.29, 1.82) is 0 Å². The molecule has 3 N–H and O–H groups in total. The number of aliphatic hydroxyl groups is 2. The topological polar surface area (TPSA) is 52.5 Å². The van der Waals surface area contributed by atoms with Gasteiger partial charge in [-0.15, -0.1) is 0 Å². The average Bonchev–Trinajstić information content (AvgIpc) is 3.16. The summed E-state index contributed by atoms with van der Waals surface area (Å²) in [5.74, 6) is 1.46. The van der Waals surface area contributed by atoms with Crippen LogP contribution in [0.15, 0.2) is 23.8 Å². The third-order valence-electron chi connectivity index (χ3n) is 6.44. The molecule has 0 amide bonds. The fourth-order valence-electron chi connectivity index (χ4n) is 4.90. The van der Waals surface area contributed by atoms with Crippen LogP contribution in [0.25, 0.3) is 0 Å². The molecule has 0 heterocycles. The van der Waals surface area contributed by atoms with Crippen molar-refractivity contribution < 1.29 is 10.2 Å². The average molecular weight is 378 g/mol. The molecule has 0 spiro atoms. The largest absolute Gasteiger partial charge is 0.392 e. The van der Waals surface area contributed by atoms with Crippen LogP contribution in [0, 0.1) is 17.8 Å². The normalized spacial score (nSPS) is 30.4. The first kappa shape index (κ1) is 22.6. The molecule has 0 aliphatic heterocycles. The summed E-state index contributed by atoms with van der Waals surface area (Å²) in [5, 5.41) is 24.1. The third-order valence-corrected chi connectivity index (χ3v) is 6.44. The fraction of sp³-hybridized carbons (Fsp3) is 0.833. The molecule has 0 aromatic carbocycles. The Morgan fingerprint density at radius 3 is 2.70 bits per heavy atom. The van der Waals surface area contributed by atoms with Crippen LogP contribution in [0.5, 0.6) is 0 Å². The van der Waals surface area contributed by atoms with E-state index < -0.39 is 0 Å². The van der Waals surface area contributed by atoms with Crippen LogP contribution in [0.4, 0.5) is 0 Å². The van der Waals surface area contributed by atoms with Gasteiger partial charge < -0.3 is 15.5 Å². The minimum Gasteiger partial charge on any atom is -0.392 e. The highest BCUT2D eigenvalue weighted by molar-refractivity contribution is 5.17. The molecule has 0 aromatic rings. The maximum absolute atomic E-state index is 10.5. The fourth-order valence-corrected chi connectivity index (χ4v) is 4.90. The zero-order chi connectivity index (χ0) is 19.5. The number of rotatable bonds is 13. The Bertz CT molecular complexity index is 459. The van der Waals surface area contributed by atoms with E-state index in [2.05, 4.69) is 31.3 Å². The van der Waals surface area contributed by atoms with Crippen molar-refractivity contribution in [1.82, 2.24) is 5.32 Å². The smallest absolute Gasteiger partial charge is 0.0721 e. The van der Waals surface area contributed by atoms with Gasteiger partial charge in [-0.2, -0.15) is 0 Å². The van der Waals surface area contributed by atoms with E-state index in [1.807, 2.05) is 6.08 Å². The molecule has 156 valence electrons. The number of allylic oxidation sites excluding steroid dienone is 2. The van der Waals surface area contributed by atoms with Gasteiger partial charge in [-0.25, -0.2) is 0 Å². The molecule has 3 heteroatoms. The second-order valence-corrected chi connectivity index (χ2v) is 8.77. The van der Waals surface area contributed by atoms with Gasteiger partial charge in [0, 0.05) is 5.92 Å². The van der Waals surface area contributed by atoms with Crippen LogP contribution in [0.1, 0.15) is 84.5 Å². The Labute approximate surface area is 167 Å². The summed E-state index contributed by atoms with van der Waals surface area (Å²) >= 11 is 0. The van der Waals surface area contributed by atoms with Gasteiger partial charge in [-0.3, -0.25) is 0 Å². The molecule has 2 fully saturated rings. The van der Waals surface area contributed by atoms with E-state index in [1.54, 1.807) is 5.57 Å². The van der Waals surface area contributed by atoms with Crippen LogP contribution in [0.2, 0.25) is 0 Å². The Kier molecular flexibility index (Phi) is 10.7. The van der Waals surface area contributed by atoms with E-state index in [1.165, 1.54) is 44.9 Å². The Balaban J connectivity index is 1.73. The summed E-state index contributed by atoms with van der Waals surface area (Å²) in [6.07, 6.45) is 18.5. The van der Waals surface area contributed by atoms with Crippen molar-refractivity contribution in [2.45, 2.75) is 96.7 Å². The summed E-state index contributed by atoms with van der Waals surface area (Å²) in [5.41, 5.74) is 1.61. The first-order valence-electron chi connectivity index (χ1n) is 11.6. The van der Waals surface area contributed by atoms with Crippen LogP contribution in [0.3, 0.4) is 0 Å². The van der Waals surface area contributed by atoms with E-state index in [4.69, 9.17) is 0 Å². The SMILES string of the molecule is CCCCC[C@H](O)/C=C/[C@@H]1[C@H]2C/C(=C/CCCCNCCC)C[C@H]2C[C@H]1O. The van der Waals surface area contributed by atoms with Gasteiger partial charge in [0.1, 0.15) is 0 Å². The Morgan fingerprint density at radius 2 is 1.93 bits per heavy atom. The molecule has 2 aliphatic carbocycles. The van der Waals surface area contributed by atoms with Crippen LogP contribution >= 0.6 is 0 Å². The molecule has 0 unspecified atom stereocenters. The number of unbranched alkanes of at least 4 members (excludes halogenated alkanes) is 4. The molecular weight excluding hydrogens is 334 g/mol. The molecule has 27 heavy (non-hydrogen) atoms. The highest BCUT2D eigenvalue weighted by Gasteiger charge is 2.44. The molecule has 0 radical (unpaired) electrons. The van der Waals surface area contributed by atoms with E-state index in [-0.39, 0.29) is 18.1 Å². The number of hydrogen-bond acceptors (Lipinski definition) is 3. The van der Waals surface area contributed by atoms with E-state index in [9.17, 15) is 10.2 Å². The van der Waals surface area contributed by atoms with Crippen molar-refractivity contribution in [3.05, 3.63) is 23.8 Å². The molecule has 2 saturated carbocycles. The van der Waals surface area contributed by atoms with Gasteiger partial charge in [0.05, 0.1) is 12.2 Å². The second-order valence-electron chi connectivity index (χ2n) is 8.77. The first-order valence-corrected chi connectivity index (χ1v) is 11.6. The van der Waals surface area contributed by atoms with Gasteiger partial charge in [-0.1, -0.05) is 56.9 Å². The van der Waals surface area contributed by atoms with Crippen LogP contribution in [-0.2, 0) is 0 Å². The first-order chi connectivity index (χ1) is 13.2. The molecule has 0 saturated heterocycles. The van der Waals surface area contributed by atoms with E-state index in [0.717, 1.165) is 38.8 Å². The minimum atomic E-state index is -0.347. The zero-order valence-electron chi connectivity index (χ0n) is 17.7. The van der Waals surface area contributed by atoms with Crippen molar-refractivity contribution in [2.75, 3.05) is 13.1 Å². The summed E-state index contributed by atoms with van der Waals surface area (Å²) in [6.45, 7) is 6.67. The van der Waals surface area contributed by atoms with Gasteiger partial charge in [0.25, 0.3) is 0 Å². The highest BCUT2D eigenvalue weighted by Crippen LogP contribution is 2.50. The number of nitrogens with one attached hydrogen (secondary N) is 1. The molecule has 3 nitrogen and oxygen atoms in total. The summed E-state index contributed by atoms with van der Waals surface area (Å²) in [7, 11) is 0. The standard InChI is InChI=1S/C24H43NO2/c1-3-5-7-11-21(26)12-13-22-23-17-19(16-20(23)18-24(22)27)10-8-6-9-15-25-14-4-2/h10,12-13,20-27H,3-9,11,14-18H2,1-2H3/b13-12+,19-10+/t20-,21-,22+,23-,24+/m0/s1. The maximum Gasteiger partial charge on any atom is 0.0721 e. The number of fused-ring (bicyclic) bond motifs is 1. The molecule has 2 rings (SSSR count). The summed E-state index contributed by atoms with van der Waals surface area (Å²) in [6, 6.07) is 0. The molecular formula is C24H43NO2. The third kappa shape index (κ3) is 7.71. The predicted molar refractivity (Wildman–Crippen MR) is 115 cm³/mol. The van der Waals surface area contributed by atoms with Crippen molar-refractivity contribution >= 4 is 0 Å². The van der Waals surface area contributed by atoms with E-state index in [0.29, 0.717) is 11.8 Å². The van der Waals surface area contributed by atoms with Crippen molar-refractivity contribution in [3.8, 4) is 0 Å². The molecule has 0 aromatic heterocycles. The summed E-state index contributed by atoms with van der Waals surface area (Å²) < 4.78 is 0. The van der Waals surface area contributed by atoms with Crippen molar-refractivity contribution in [2.24, 2.45) is 17.8 Å².